The molecule has 0 spiro atoms. The van der Waals surface area contributed by atoms with Crippen LogP contribution in [0.25, 0.3) is 0 Å². The van der Waals surface area contributed by atoms with Crippen molar-refractivity contribution in [3.8, 4) is 5.75 Å². The van der Waals surface area contributed by atoms with Crippen LogP contribution in [-0.4, -0.2) is 7.11 Å². The second-order valence-corrected chi connectivity index (χ2v) is 3.88. The molecule has 2 N–H and O–H groups in total. The van der Waals surface area contributed by atoms with Crippen LogP contribution in [0.15, 0.2) is 18.2 Å². The fourth-order valence-electron chi connectivity index (χ4n) is 1.75. The van der Waals surface area contributed by atoms with Gasteiger partial charge in [-0.15, -0.1) is 0 Å². The molecule has 1 aliphatic carbocycles. The van der Waals surface area contributed by atoms with E-state index in [0.29, 0.717) is 5.56 Å². The molecule has 2 rings (SSSR count). The average Bonchev–Trinajstić information content (AvgIpc) is 2.96. The Kier molecular flexibility index (Phi) is 2.38. The van der Waals surface area contributed by atoms with Gasteiger partial charge in [0.15, 0.2) is 0 Å². The van der Waals surface area contributed by atoms with Gasteiger partial charge in [0.05, 0.1) is 12.7 Å². The molecule has 0 aliphatic heterocycles. The van der Waals surface area contributed by atoms with E-state index < -0.39 is 12.0 Å². The van der Waals surface area contributed by atoms with Crippen molar-refractivity contribution in [1.29, 1.82) is 0 Å². The summed E-state index contributed by atoms with van der Waals surface area (Å²) in [6.45, 7) is 0. The summed E-state index contributed by atoms with van der Waals surface area (Å²) in [5, 5.41) is 0. The number of rotatable bonds is 3. The topological polar surface area (TPSA) is 35.2 Å². The molecule has 1 fully saturated rings. The molecular weight excluding hydrogens is 200 g/mol. The maximum atomic E-state index is 12.7. The molecule has 0 saturated heterocycles. The molecule has 0 amide bonds. The summed E-state index contributed by atoms with van der Waals surface area (Å²) in [7, 11) is 1.40. The normalized spacial score (nSPS) is 17.9. The lowest BCUT2D eigenvalue weighted by Crippen LogP contribution is -2.20. The van der Waals surface area contributed by atoms with E-state index in [1.807, 2.05) is 0 Å². The van der Waals surface area contributed by atoms with Crippen molar-refractivity contribution < 1.29 is 13.5 Å². The Hall–Kier alpha value is -1.16. The fourth-order valence-corrected chi connectivity index (χ4v) is 1.75. The smallest absolute Gasteiger partial charge is 0.267 e. The maximum absolute atomic E-state index is 12.7. The van der Waals surface area contributed by atoms with Crippen LogP contribution in [0.1, 0.15) is 30.4 Å². The van der Waals surface area contributed by atoms with Gasteiger partial charge in [-0.1, -0.05) is 12.1 Å². The van der Waals surface area contributed by atoms with E-state index in [4.69, 9.17) is 10.5 Å². The van der Waals surface area contributed by atoms with Crippen LogP contribution in [0, 0.1) is 0 Å². The first-order valence-electron chi connectivity index (χ1n) is 4.83. The Bertz CT molecular complexity index is 375. The maximum Gasteiger partial charge on any atom is 0.267 e. The number of hydrogen-bond acceptors (Lipinski definition) is 2. The number of hydrogen-bond donors (Lipinski definition) is 1. The van der Waals surface area contributed by atoms with Gasteiger partial charge in [0.1, 0.15) is 5.75 Å². The molecule has 15 heavy (non-hydrogen) atoms. The number of benzene rings is 1. The third-order valence-electron chi connectivity index (χ3n) is 2.81. The summed E-state index contributed by atoms with van der Waals surface area (Å²) in [5.41, 5.74) is 6.16. The van der Waals surface area contributed by atoms with Crippen LogP contribution in [0.2, 0.25) is 0 Å². The van der Waals surface area contributed by atoms with Gasteiger partial charge < -0.3 is 10.5 Å². The first-order chi connectivity index (χ1) is 7.08. The zero-order valence-corrected chi connectivity index (χ0v) is 8.47. The number of nitrogens with two attached hydrogens (primary N) is 1. The Morgan fingerprint density at radius 2 is 2.07 bits per heavy atom. The van der Waals surface area contributed by atoms with E-state index in [1.165, 1.54) is 13.2 Å². The lowest BCUT2D eigenvalue weighted by molar-refractivity contribution is 0.146. The van der Waals surface area contributed by atoms with Gasteiger partial charge in [0, 0.05) is 11.1 Å². The molecule has 1 aromatic carbocycles. The number of alkyl halides is 2. The van der Waals surface area contributed by atoms with E-state index in [0.717, 1.165) is 12.8 Å². The third kappa shape index (κ3) is 1.69. The van der Waals surface area contributed by atoms with E-state index in [1.54, 1.807) is 12.1 Å². The number of para-hydroxylation sites is 1. The Morgan fingerprint density at radius 1 is 1.40 bits per heavy atom. The van der Waals surface area contributed by atoms with Crippen LogP contribution in [0.4, 0.5) is 8.78 Å². The molecule has 1 aliphatic rings. The molecule has 0 atom stereocenters. The van der Waals surface area contributed by atoms with E-state index in [9.17, 15) is 8.78 Å². The van der Waals surface area contributed by atoms with Crippen LogP contribution < -0.4 is 10.5 Å². The minimum absolute atomic E-state index is 0.0771. The van der Waals surface area contributed by atoms with E-state index in [2.05, 4.69) is 0 Å². The number of methoxy groups -OCH3 is 1. The quantitative estimate of drug-likeness (QED) is 0.837. The Balaban J connectivity index is 2.50. The number of halogens is 2. The van der Waals surface area contributed by atoms with Crippen molar-refractivity contribution in [2.75, 3.05) is 7.11 Å². The molecule has 0 aromatic heterocycles. The second-order valence-electron chi connectivity index (χ2n) is 3.88. The predicted molar refractivity (Wildman–Crippen MR) is 53.1 cm³/mol. The highest BCUT2D eigenvalue weighted by Gasteiger charge is 2.43. The van der Waals surface area contributed by atoms with Crippen molar-refractivity contribution in [2.45, 2.75) is 24.8 Å². The monoisotopic (exact) mass is 213 g/mol. The summed E-state index contributed by atoms with van der Waals surface area (Å²) in [4.78, 5) is 0. The van der Waals surface area contributed by atoms with E-state index >= 15 is 0 Å². The van der Waals surface area contributed by atoms with Crippen LogP contribution in [0.3, 0.4) is 0 Å². The van der Waals surface area contributed by atoms with Gasteiger partial charge in [-0.2, -0.15) is 0 Å². The lowest BCUT2D eigenvalue weighted by Gasteiger charge is -2.17. The van der Waals surface area contributed by atoms with Gasteiger partial charge in [-0.3, -0.25) is 0 Å². The minimum Gasteiger partial charge on any atom is -0.496 e. The SMILES string of the molecule is COc1c(C(F)F)cccc1C1(N)CC1. The highest BCUT2D eigenvalue weighted by Crippen LogP contribution is 2.48. The van der Waals surface area contributed by atoms with Crippen molar-refractivity contribution in [2.24, 2.45) is 5.73 Å². The summed E-state index contributed by atoms with van der Waals surface area (Å²) in [5.74, 6) is 0.243. The zero-order chi connectivity index (χ0) is 11.1. The predicted octanol–water partition coefficient (Wildman–Crippen LogP) is 2.58. The minimum atomic E-state index is -2.53. The summed E-state index contributed by atoms with van der Waals surface area (Å²) >= 11 is 0. The molecule has 2 nitrogen and oxygen atoms in total. The highest BCUT2D eigenvalue weighted by molar-refractivity contribution is 5.48. The molecule has 0 bridgehead atoms. The first-order valence-corrected chi connectivity index (χ1v) is 4.83. The molecule has 1 saturated carbocycles. The second kappa shape index (κ2) is 3.45. The first kappa shape index (κ1) is 10.4. The molecular formula is C11H13F2NO. The summed E-state index contributed by atoms with van der Waals surface area (Å²) in [6.07, 6.45) is -0.867. The van der Waals surface area contributed by atoms with Gasteiger partial charge >= 0.3 is 0 Å². The van der Waals surface area contributed by atoms with Gasteiger partial charge in [0.25, 0.3) is 6.43 Å². The molecule has 4 heteroatoms. The molecule has 1 aromatic rings. The Labute approximate surface area is 87.0 Å². The molecule has 0 radical (unpaired) electrons. The largest absolute Gasteiger partial charge is 0.496 e. The highest BCUT2D eigenvalue weighted by atomic mass is 19.3. The van der Waals surface area contributed by atoms with Crippen LogP contribution >= 0.6 is 0 Å². The van der Waals surface area contributed by atoms with Crippen LogP contribution in [-0.2, 0) is 5.54 Å². The summed E-state index contributed by atoms with van der Waals surface area (Å²) in [6, 6.07) is 4.74. The van der Waals surface area contributed by atoms with Gasteiger partial charge in [0.2, 0.25) is 0 Å². The molecule has 0 unspecified atom stereocenters. The van der Waals surface area contributed by atoms with Crippen molar-refractivity contribution in [3.05, 3.63) is 29.3 Å². The van der Waals surface area contributed by atoms with Gasteiger partial charge in [-0.05, 0) is 18.9 Å². The summed E-state index contributed by atoms with van der Waals surface area (Å²) < 4.78 is 30.4. The zero-order valence-electron chi connectivity index (χ0n) is 8.47. The molecule has 0 heterocycles. The molecule has 82 valence electrons. The lowest BCUT2D eigenvalue weighted by atomic mass is 10.0. The van der Waals surface area contributed by atoms with Crippen LogP contribution in [0.5, 0.6) is 5.75 Å². The standard InChI is InChI=1S/C11H13F2NO/c1-15-9-7(10(12)13)3-2-4-8(9)11(14)5-6-11/h2-4,10H,5-6,14H2,1H3. The van der Waals surface area contributed by atoms with Crippen molar-refractivity contribution >= 4 is 0 Å². The van der Waals surface area contributed by atoms with E-state index in [-0.39, 0.29) is 11.3 Å². The van der Waals surface area contributed by atoms with Crippen molar-refractivity contribution in [1.82, 2.24) is 0 Å². The fraction of sp³-hybridized carbons (Fsp3) is 0.455. The average molecular weight is 213 g/mol. The number of ether oxygens (including phenoxy) is 1. The Morgan fingerprint density at radius 3 is 2.53 bits per heavy atom. The van der Waals surface area contributed by atoms with Gasteiger partial charge in [-0.25, -0.2) is 8.78 Å². The van der Waals surface area contributed by atoms with Crippen molar-refractivity contribution in [3.63, 3.8) is 0 Å². The third-order valence-corrected chi connectivity index (χ3v) is 2.81.